The molecule has 1 aliphatic heterocycles. The molecular weight excluding hydrogens is 408 g/mol. The van der Waals surface area contributed by atoms with E-state index in [4.69, 9.17) is 0 Å². The first kappa shape index (κ1) is 21.6. The first-order chi connectivity index (χ1) is 13.9. The van der Waals surface area contributed by atoms with Crippen LogP contribution in [0.4, 0.5) is 5.13 Å². The van der Waals surface area contributed by atoms with Gasteiger partial charge in [-0.25, -0.2) is 8.42 Å². The van der Waals surface area contributed by atoms with Gasteiger partial charge in [0.2, 0.25) is 21.1 Å². The van der Waals surface area contributed by atoms with E-state index in [1.807, 2.05) is 13.8 Å². The molecule has 1 saturated heterocycles. The molecule has 1 fully saturated rings. The zero-order valence-electron chi connectivity index (χ0n) is 16.7. The highest BCUT2D eigenvalue weighted by Crippen LogP contribution is 2.23. The summed E-state index contributed by atoms with van der Waals surface area (Å²) in [5.41, 5.74) is 0.745. The Labute approximate surface area is 175 Å². The standard InChI is InChI=1S/C20H26N4O3S2/c1-15(2)19-22-23-20(28-19)21-18(25)12-9-16-7-10-17(11-8-16)29(26,27)24-13-5-3-4-6-14-24/h7-12,15H,3-6,13-14H2,1-2H3,(H,21,23,25)/b12-9+. The number of hydrogen-bond donors (Lipinski definition) is 1. The third kappa shape index (κ3) is 5.71. The fourth-order valence-electron chi connectivity index (χ4n) is 3.02. The third-order valence-electron chi connectivity index (χ3n) is 4.67. The van der Waals surface area contributed by atoms with Crippen LogP contribution < -0.4 is 5.32 Å². The van der Waals surface area contributed by atoms with Gasteiger partial charge in [-0.2, -0.15) is 4.31 Å². The molecule has 0 atom stereocenters. The lowest BCUT2D eigenvalue weighted by atomic mass is 10.2. The van der Waals surface area contributed by atoms with E-state index in [9.17, 15) is 13.2 Å². The lowest BCUT2D eigenvalue weighted by Gasteiger charge is -2.19. The van der Waals surface area contributed by atoms with E-state index in [1.165, 1.54) is 17.4 Å². The minimum atomic E-state index is -3.46. The maximum absolute atomic E-state index is 12.8. The number of amides is 1. The van der Waals surface area contributed by atoms with Crippen molar-refractivity contribution in [3.63, 3.8) is 0 Å². The molecule has 2 aromatic rings. The lowest BCUT2D eigenvalue weighted by molar-refractivity contribution is -0.111. The van der Waals surface area contributed by atoms with E-state index in [2.05, 4.69) is 15.5 Å². The molecular formula is C20H26N4O3S2. The first-order valence-electron chi connectivity index (χ1n) is 9.79. The van der Waals surface area contributed by atoms with Gasteiger partial charge in [0.1, 0.15) is 5.01 Å². The minimum Gasteiger partial charge on any atom is -0.297 e. The van der Waals surface area contributed by atoms with Crippen LogP contribution in [0.5, 0.6) is 0 Å². The van der Waals surface area contributed by atoms with Gasteiger partial charge in [0.25, 0.3) is 0 Å². The number of carbonyl (C=O) groups is 1. The molecule has 156 valence electrons. The van der Waals surface area contributed by atoms with E-state index in [1.54, 1.807) is 34.6 Å². The number of hydrogen-bond acceptors (Lipinski definition) is 6. The molecule has 3 rings (SSSR count). The number of nitrogens with one attached hydrogen (secondary N) is 1. The molecule has 1 aliphatic rings. The normalized spacial score (nSPS) is 16.2. The van der Waals surface area contributed by atoms with Gasteiger partial charge in [0.05, 0.1) is 4.90 Å². The molecule has 0 unspecified atom stereocenters. The molecule has 7 nitrogen and oxygen atoms in total. The molecule has 0 bridgehead atoms. The summed E-state index contributed by atoms with van der Waals surface area (Å²) in [6.45, 7) is 5.19. The zero-order chi connectivity index (χ0) is 20.9. The number of carbonyl (C=O) groups excluding carboxylic acids is 1. The van der Waals surface area contributed by atoms with Gasteiger partial charge in [-0.15, -0.1) is 10.2 Å². The summed E-state index contributed by atoms with van der Waals surface area (Å²) >= 11 is 1.35. The highest BCUT2D eigenvalue weighted by atomic mass is 32.2. The third-order valence-corrected chi connectivity index (χ3v) is 7.73. The molecule has 9 heteroatoms. The zero-order valence-corrected chi connectivity index (χ0v) is 18.3. The molecule has 1 aromatic heterocycles. The summed E-state index contributed by atoms with van der Waals surface area (Å²) in [7, 11) is -3.46. The Kier molecular flexibility index (Phi) is 7.15. The molecule has 1 amide bonds. The van der Waals surface area contributed by atoms with Crippen LogP contribution in [0.15, 0.2) is 35.2 Å². The van der Waals surface area contributed by atoms with Crippen molar-refractivity contribution in [3.8, 4) is 0 Å². The van der Waals surface area contributed by atoms with E-state index >= 15 is 0 Å². The molecule has 0 aliphatic carbocycles. The van der Waals surface area contributed by atoms with Gasteiger partial charge < -0.3 is 0 Å². The molecule has 2 heterocycles. The van der Waals surface area contributed by atoms with E-state index in [-0.39, 0.29) is 16.7 Å². The highest BCUT2D eigenvalue weighted by Gasteiger charge is 2.24. The van der Waals surface area contributed by atoms with Crippen molar-refractivity contribution >= 4 is 38.5 Å². The molecule has 0 saturated carbocycles. The predicted molar refractivity (Wildman–Crippen MR) is 115 cm³/mol. The van der Waals surface area contributed by atoms with Gasteiger partial charge >= 0.3 is 0 Å². The highest BCUT2D eigenvalue weighted by molar-refractivity contribution is 7.89. The van der Waals surface area contributed by atoms with Gasteiger partial charge in [0.15, 0.2) is 0 Å². The summed E-state index contributed by atoms with van der Waals surface area (Å²) in [5, 5.41) is 12.0. The topological polar surface area (TPSA) is 92.3 Å². The second kappa shape index (κ2) is 9.60. The average Bonchev–Trinajstić information content (AvgIpc) is 2.98. The van der Waals surface area contributed by atoms with Crippen LogP contribution in [0.1, 0.15) is 56.0 Å². The Morgan fingerprint density at radius 2 is 1.76 bits per heavy atom. The SMILES string of the molecule is CC(C)c1nnc(NC(=O)/C=C/c2ccc(S(=O)(=O)N3CCCCCC3)cc2)s1. The Morgan fingerprint density at radius 3 is 2.34 bits per heavy atom. The number of anilines is 1. The molecule has 1 N–H and O–H groups in total. The van der Waals surface area contributed by atoms with Gasteiger partial charge in [-0.1, -0.05) is 50.2 Å². The van der Waals surface area contributed by atoms with Crippen molar-refractivity contribution < 1.29 is 13.2 Å². The van der Waals surface area contributed by atoms with Crippen molar-refractivity contribution in [2.75, 3.05) is 18.4 Å². The summed E-state index contributed by atoms with van der Waals surface area (Å²) in [6.07, 6.45) is 7.00. The Hall–Kier alpha value is -2.10. The van der Waals surface area contributed by atoms with Crippen molar-refractivity contribution in [3.05, 3.63) is 40.9 Å². The van der Waals surface area contributed by atoms with Crippen LogP contribution in [0.3, 0.4) is 0 Å². The first-order valence-corrected chi connectivity index (χ1v) is 12.0. The van der Waals surface area contributed by atoms with Crippen LogP contribution in [-0.2, 0) is 14.8 Å². The fraction of sp³-hybridized carbons (Fsp3) is 0.450. The average molecular weight is 435 g/mol. The smallest absolute Gasteiger partial charge is 0.250 e. The van der Waals surface area contributed by atoms with Crippen LogP contribution >= 0.6 is 11.3 Å². The van der Waals surface area contributed by atoms with Crippen LogP contribution in [-0.4, -0.2) is 41.9 Å². The monoisotopic (exact) mass is 434 g/mol. The van der Waals surface area contributed by atoms with Gasteiger partial charge in [-0.05, 0) is 36.6 Å². The summed E-state index contributed by atoms with van der Waals surface area (Å²) in [6, 6.07) is 6.60. The Bertz CT molecular complexity index is 958. The van der Waals surface area contributed by atoms with E-state index < -0.39 is 10.0 Å². The predicted octanol–water partition coefficient (Wildman–Crippen LogP) is 3.88. The Morgan fingerprint density at radius 1 is 1.10 bits per heavy atom. The molecule has 29 heavy (non-hydrogen) atoms. The number of benzene rings is 1. The quantitative estimate of drug-likeness (QED) is 0.697. The van der Waals surface area contributed by atoms with Crippen molar-refractivity contribution in [2.45, 2.75) is 50.3 Å². The minimum absolute atomic E-state index is 0.262. The number of sulfonamides is 1. The molecule has 0 radical (unpaired) electrons. The maximum Gasteiger partial charge on any atom is 0.250 e. The summed E-state index contributed by atoms with van der Waals surface area (Å²) in [4.78, 5) is 12.4. The second-order valence-corrected chi connectivity index (χ2v) is 10.3. The largest absolute Gasteiger partial charge is 0.297 e. The second-order valence-electron chi connectivity index (χ2n) is 7.31. The number of rotatable bonds is 6. The van der Waals surface area contributed by atoms with Crippen LogP contribution in [0.2, 0.25) is 0 Å². The van der Waals surface area contributed by atoms with Crippen molar-refractivity contribution in [2.24, 2.45) is 0 Å². The maximum atomic E-state index is 12.8. The lowest BCUT2D eigenvalue weighted by Crippen LogP contribution is -2.31. The van der Waals surface area contributed by atoms with E-state index in [0.717, 1.165) is 36.3 Å². The van der Waals surface area contributed by atoms with Crippen molar-refractivity contribution in [1.82, 2.24) is 14.5 Å². The van der Waals surface area contributed by atoms with Crippen LogP contribution in [0.25, 0.3) is 6.08 Å². The summed E-state index contributed by atoms with van der Waals surface area (Å²) in [5.74, 6) is -0.0458. The van der Waals surface area contributed by atoms with Crippen molar-refractivity contribution in [1.29, 1.82) is 0 Å². The summed E-state index contributed by atoms with van der Waals surface area (Å²) < 4.78 is 27.2. The van der Waals surface area contributed by atoms with Gasteiger partial charge in [0, 0.05) is 25.1 Å². The number of nitrogens with zero attached hydrogens (tertiary/aromatic N) is 3. The van der Waals surface area contributed by atoms with Gasteiger partial charge in [-0.3, -0.25) is 10.1 Å². The number of aromatic nitrogens is 2. The molecule has 0 spiro atoms. The van der Waals surface area contributed by atoms with E-state index in [0.29, 0.717) is 18.2 Å². The Balaban J connectivity index is 1.62. The fourth-order valence-corrected chi connectivity index (χ4v) is 5.29. The van der Waals surface area contributed by atoms with Crippen LogP contribution in [0, 0.1) is 0 Å². The molecule has 1 aromatic carbocycles.